The van der Waals surface area contributed by atoms with Crippen molar-refractivity contribution in [3.63, 3.8) is 0 Å². The van der Waals surface area contributed by atoms with Crippen molar-refractivity contribution in [3.05, 3.63) is 36.2 Å². The molecule has 0 heterocycles. The molecular weight excluding hydrogens is 198 g/mol. The molecule has 3 nitrogen and oxygen atoms in total. The van der Waals surface area contributed by atoms with E-state index in [2.05, 4.69) is 6.58 Å². The summed E-state index contributed by atoms with van der Waals surface area (Å²) in [6.45, 7) is 5.59. The number of benzene rings is 1. The van der Waals surface area contributed by atoms with Crippen LogP contribution in [0.1, 0.15) is 6.92 Å². The summed E-state index contributed by atoms with van der Waals surface area (Å²) in [5, 5.41) is 18.0. The Morgan fingerprint density at radius 2 is 2.20 bits per heavy atom. The van der Waals surface area contributed by atoms with Crippen LogP contribution in [0.5, 0.6) is 5.75 Å². The van der Waals surface area contributed by atoms with E-state index in [0.717, 1.165) is 17.7 Å². The van der Waals surface area contributed by atoms with Crippen molar-refractivity contribution in [2.24, 2.45) is 0 Å². The Kier molecular flexibility index (Phi) is 3.88. The summed E-state index contributed by atoms with van der Waals surface area (Å²) < 4.78 is 18.1. The van der Waals surface area contributed by atoms with Crippen LogP contribution in [0.25, 0.3) is 0 Å². The molecule has 0 aromatic heterocycles. The van der Waals surface area contributed by atoms with Crippen molar-refractivity contribution >= 4 is 12.6 Å². The molecule has 0 saturated heterocycles. The number of halogens is 1. The quantitative estimate of drug-likeness (QED) is 0.560. The summed E-state index contributed by atoms with van der Waals surface area (Å²) in [6, 6.07) is 3.52. The van der Waals surface area contributed by atoms with Crippen LogP contribution < -0.4 is 10.2 Å². The molecule has 0 radical (unpaired) electrons. The SMILES string of the molecule is C=C(C)COc1cc(F)ccc1B(O)O. The smallest absolute Gasteiger partial charge is 0.490 e. The van der Waals surface area contributed by atoms with Gasteiger partial charge in [-0.15, -0.1) is 0 Å². The molecule has 1 rings (SSSR count). The van der Waals surface area contributed by atoms with E-state index < -0.39 is 12.9 Å². The summed E-state index contributed by atoms with van der Waals surface area (Å²) in [4.78, 5) is 0. The van der Waals surface area contributed by atoms with Crippen molar-refractivity contribution in [2.45, 2.75) is 6.92 Å². The lowest BCUT2D eigenvalue weighted by atomic mass is 9.79. The average Bonchev–Trinajstić information content (AvgIpc) is 2.14. The van der Waals surface area contributed by atoms with Gasteiger partial charge in [-0.2, -0.15) is 0 Å². The van der Waals surface area contributed by atoms with E-state index in [1.54, 1.807) is 6.92 Å². The van der Waals surface area contributed by atoms with Crippen molar-refractivity contribution in [3.8, 4) is 5.75 Å². The monoisotopic (exact) mass is 210 g/mol. The first-order valence-electron chi connectivity index (χ1n) is 4.43. The van der Waals surface area contributed by atoms with Gasteiger partial charge < -0.3 is 14.8 Å². The molecule has 1 aromatic rings. The molecule has 0 unspecified atom stereocenters. The Balaban J connectivity index is 2.91. The van der Waals surface area contributed by atoms with Gasteiger partial charge in [-0.3, -0.25) is 0 Å². The van der Waals surface area contributed by atoms with Gasteiger partial charge in [-0.25, -0.2) is 4.39 Å². The summed E-state index contributed by atoms with van der Waals surface area (Å²) in [7, 11) is -1.68. The predicted octanol–water partition coefficient (Wildman–Crippen LogP) is 0.460. The Labute approximate surface area is 88.0 Å². The molecule has 0 aliphatic carbocycles. The molecule has 0 fully saturated rings. The van der Waals surface area contributed by atoms with E-state index in [1.165, 1.54) is 6.07 Å². The molecule has 0 bridgehead atoms. The third-order valence-electron chi connectivity index (χ3n) is 1.73. The first-order valence-corrected chi connectivity index (χ1v) is 4.43. The number of ether oxygens (including phenoxy) is 1. The summed E-state index contributed by atoms with van der Waals surface area (Å²) >= 11 is 0. The molecule has 15 heavy (non-hydrogen) atoms. The lowest BCUT2D eigenvalue weighted by Crippen LogP contribution is -2.31. The zero-order chi connectivity index (χ0) is 11.4. The molecule has 5 heteroatoms. The molecule has 80 valence electrons. The van der Waals surface area contributed by atoms with Gasteiger partial charge >= 0.3 is 7.12 Å². The second-order valence-electron chi connectivity index (χ2n) is 3.30. The third kappa shape index (κ3) is 3.38. The Hall–Kier alpha value is -1.33. The maximum atomic E-state index is 12.9. The highest BCUT2D eigenvalue weighted by Crippen LogP contribution is 2.11. The van der Waals surface area contributed by atoms with Gasteiger partial charge in [0.05, 0.1) is 0 Å². The zero-order valence-corrected chi connectivity index (χ0v) is 8.40. The minimum atomic E-state index is -1.68. The van der Waals surface area contributed by atoms with Crippen LogP contribution in [0.4, 0.5) is 4.39 Å². The molecular formula is C10H12BFO3. The minimum Gasteiger partial charge on any atom is -0.490 e. The number of hydrogen-bond donors (Lipinski definition) is 2. The fourth-order valence-corrected chi connectivity index (χ4v) is 1.05. The van der Waals surface area contributed by atoms with Crippen LogP contribution in [0.15, 0.2) is 30.4 Å². The van der Waals surface area contributed by atoms with Gasteiger partial charge in [0, 0.05) is 11.5 Å². The van der Waals surface area contributed by atoms with Gasteiger partial charge in [0.2, 0.25) is 0 Å². The van der Waals surface area contributed by atoms with Gasteiger partial charge in [0.25, 0.3) is 0 Å². The Morgan fingerprint density at radius 3 is 2.73 bits per heavy atom. The van der Waals surface area contributed by atoms with E-state index in [4.69, 9.17) is 14.8 Å². The van der Waals surface area contributed by atoms with Crippen molar-refractivity contribution in [1.29, 1.82) is 0 Å². The first-order chi connectivity index (χ1) is 7.00. The minimum absolute atomic E-state index is 0.119. The van der Waals surface area contributed by atoms with Gasteiger partial charge in [-0.1, -0.05) is 12.6 Å². The summed E-state index contributed by atoms with van der Waals surface area (Å²) in [5.41, 5.74) is 0.898. The number of rotatable bonds is 4. The summed E-state index contributed by atoms with van der Waals surface area (Å²) in [5.74, 6) is -0.371. The molecule has 0 atom stereocenters. The van der Waals surface area contributed by atoms with Crippen molar-refractivity contribution in [1.82, 2.24) is 0 Å². The largest absolute Gasteiger partial charge is 0.492 e. The standard InChI is InChI=1S/C10H12BFO3/c1-7(2)6-15-10-5-8(12)3-4-9(10)11(13)14/h3-5,13-14H,1,6H2,2H3. The third-order valence-corrected chi connectivity index (χ3v) is 1.73. The molecule has 0 saturated carbocycles. The van der Waals surface area contributed by atoms with Gasteiger partial charge in [0.15, 0.2) is 0 Å². The van der Waals surface area contributed by atoms with Crippen LogP contribution in [-0.2, 0) is 0 Å². The second-order valence-corrected chi connectivity index (χ2v) is 3.30. The van der Waals surface area contributed by atoms with Crippen LogP contribution >= 0.6 is 0 Å². The Bertz CT molecular complexity index is 366. The van der Waals surface area contributed by atoms with Gasteiger partial charge in [0.1, 0.15) is 18.2 Å². The first kappa shape index (κ1) is 11.7. The van der Waals surface area contributed by atoms with Crippen LogP contribution in [0, 0.1) is 5.82 Å². The molecule has 0 aliphatic rings. The average molecular weight is 210 g/mol. The maximum Gasteiger partial charge on any atom is 0.492 e. The molecule has 0 amide bonds. The topological polar surface area (TPSA) is 49.7 Å². The van der Waals surface area contributed by atoms with E-state index in [9.17, 15) is 4.39 Å². The van der Waals surface area contributed by atoms with E-state index >= 15 is 0 Å². The molecule has 2 N–H and O–H groups in total. The predicted molar refractivity (Wildman–Crippen MR) is 56.5 cm³/mol. The Morgan fingerprint density at radius 1 is 1.53 bits per heavy atom. The lowest BCUT2D eigenvalue weighted by Gasteiger charge is -2.10. The fourth-order valence-electron chi connectivity index (χ4n) is 1.05. The second kappa shape index (κ2) is 4.95. The highest BCUT2D eigenvalue weighted by atomic mass is 19.1. The van der Waals surface area contributed by atoms with Crippen molar-refractivity contribution < 1.29 is 19.2 Å². The van der Waals surface area contributed by atoms with Crippen LogP contribution in [-0.4, -0.2) is 23.8 Å². The maximum absolute atomic E-state index is 12.9. The van der Waals surface area contributed by atoms with Crippen LogP contribution in [0.2, 0.25) is 0 Å². The number of hydrogen-bond acceptors (Lipinski definition) is 3. The van der Waals surface area contributed by atoms with Gasteiger partial charge in [-0.05, 0) is 18.6 Å². The lowest BCUT2D eigenvalue weighted by molar-refractivity contribution is 0.349. The normalized spacial score (nSPS) is 9.87. The highest BCUT2D eigenvalue weighted by Gasteiger charge is 2.17. The molecule has 1 aromatic carbocycles. The molecule has 0 aliphatic heterocycles. The van der Waals surface area contributed by atoms with Crippen molar-refractivity contribution in [2.75, 3.05) is 6.61 Å². The van der Waals surface area contributed by atoms with E-state index in [0.29, 0.717) is 0 Å². The highest BCUT2D eigenvalue weighted by molar-refractivity contribution is 6.59. The molecule has 0 spiro atoms. The zero-order valence-electron chi connectivity index (χ0n) is 8.40. The van der Waals surface area contributed by atoms with E-state index in [1.807, 2.05) is 0 Å². The van der Waals surface area contributed by atoms with Crippen LogP contribution in [0.3, 0.4) is 0 Å². The summed E-state index contributed by atoms with van der Waals surface area (Å²) in [6.07, 6.45) is 0. The fraction of sp³-hybridized carbons (Fsp3) is 0.200. The van der Waals surface area contributed by atoms with E-state index in [-0.39, 0.29) is 17.8 Å².